The van der Waals surface area contributed by atoms with Crippen LogP contribution in [0.15, 0.2) is 0 Å². The topological polar surface area (TPSA) is 44.1 Å². The molecule has 0 aromatic rings. The van der Waals surface area contributed by atoms with Crippen molar-refractivity contribution in [2.24, 2.45) is 0 Å². The number of hydrogen-bond donors (Lipinski definition) is 0. The highest BCUT2D eigenvalue weighted by Gasteiger charge is 2.21. The molecule has 0 N–H and O–H groups in total. The van der Waals surface area contributed by atoms with Crippen molar-refractivity contribution < 1.29 is 4.79 Å². The van der Waals surface area contributed by atoms with E-state index in [9.17, 15) is 4.79 Å². The summed E-state index contributed by atoms with van der Waals surface area (Å²) in [5.41, 5.74) is 0. The average molecular weight is 226 g/mol. The maximum Gasteiger partial charge on any atom is 0.232 e. The normalized spacial score (nSPS) is 17.1. The van der Waals surface area contributed by atoms with E-state index >= 15 is 0 Å². The van der Waals surface area contributed by atoms with Gasteiger partial charge in [0.15, 0.2) is 0 Å². The van der Waals surface area contributed by atoms with Gasteiger partial charge in [-0.05, 0) is 12.8 Å². The third-order valence-electron chi connectivity index (χ3n) is 2.91. The molecule has 0 aliphatic heterocycles. The van der Waals surface area contributed by atoms with Gasteiger partial charge in [-0.15, -0.1) is 11.8 Å². The van der Waals surface area contributed by atoms with Crippen LogP contribution in [0.4, 0.5) is 0 Å². The molecule has 1 rings (SSSR count). The van der Waals surface area contributed by atoms with Crippen LogP contribution in [0.3, 0.4) is 0 Å². The summed E-state index contributed by atoms with van der Waals surface area (Å²) >= 11 is 1.40. The highest BCUT2D eigenvalue weighted by molar-refractivity contribution is 8.00. The zero-order valence-corrected chi connectivity index (χ0v) is 10.1. The Balaban J connectivity index is 2.28. The first kappa shape index (κ1) is 12.4. The van der Waals surface area contributed by atoms with Crippen LogP contribution < -0.4 is 0 Å². The summed E-state index contributed by atoms with van der Waals surface area (Å²) in [5, 5.41) is 8.37. The van der Waals surface area contributed by atoms with Crippen LogP contribution in [-0.4, -0.2) is 35.4 Å². The first-order chi connectivity index (χ1) is 7.25. The van der Waals surface area contributed by atoms with Crippen LogP contribution >= 0.6 is 11.8 Å². The molecule has 1 aliphatic carbocycles. The number of thioether (sulfide) groups is 1. The van der Waals surface area contributed by atoms with Crippen LogP contribution in [-0.2, 0) is 4.79 Å². The lowest BCUT2D eigenvalue weighted by Crippen LogP contribution is -2.39. The lowest BCUT2D eigenvalue weighted by molar-refractivity contribution is -0.129. The van der Waals surface area contributed by atoms with E-state index in [2.05, 4.69) is 0 Å². The molecule has 15 heavy (non-hydrogen) atoms. The highest BCUT2D eigenvalue weighted by Crippen LogP contribution is 2.22. The van der Waals surface area contributed by atoms with Gasteiger partial charge >= 0.3 is 0 Å². The fraction of sp³-hybridized carbons (Fsp3) is 0.818. The molecule has 0 bridgehead atoms. The lowest BCUT2D eigenvalue weighted by atomic mass is 9.94. The summed E-state index contributed by atoms with van der Waals surface area (Å²) in [5.74, 6) is 1.02. The van der Waals surface area contributed by atoms with Gasteiger partial charge < -0.3 is 4.90 Å². The Morgan fingerprint density at radius 3 is 2.73 bits per heavy atom. The van der Waals surface area contributed by atoms with Crippen molar-refractivity contribution in [1.29, 1.82) is 5.26 Å². The Morgan fingerprint density at radius 2 is 2.13 bits per heavy atom. The van der Waals surface area contributed by atoms with Crippen molar-refractivity contribution in [1.82, 2.24) is 4.90 Å². The second-order valence-electron chi connectivity index (χ2n) is 3.95. The van der Waals surface area contributed by atoms with Crippen molar-refractivity contribution in [3.05, 3.63) is 0 Å². The minimum absolute atomic E-state index is 0.169. The number of nitriles is 1. The fourth-order valence-electron chi connectivity index (χ4n) is 1.96. The molecule has 0 aromatic heterocycles. The van der Waals surface area contributed by atoms with Gasteiger partial charge in [0, 0.05) is 13.1 Å². The summed E-state index contributed by atoms with van der Waals surface area (Å²) < 4.78 is 0. The van der Waals surface area contributed by atoms with E-state index in [4.69, 9.17) is 5.26 Å². The minimum Gasteiger partial charge on any atom is -0.342 e. The van der Waals surface area contributed by atoms with Crippen molar-refractivity contribution in [3.63, 3.8) is 0 Å². The number of nitrogens with zero attached hydrogens (tertiary/aromatic N) is 2. The third kappa shape index (κ3) is 4.13. The Kier molecular flexibility index (Phi) is 5.56. The summed E-state index contributed by atoms with van der Waals surface area (Å²) in [6.07, 6.45) is 6.08. The smallest absolute Gasteiger partial charge is 0.232 e. The van der Waals surface area contributed by atoms with Crippen LogP contribution in [0.1, 0.15) is 32.1 Å². The molecule has 0 unspecified atom stereocenters. The van der Waals surface area contributed by atoms with Crippen LogP contribution in [0.2, 0.25) is 0 Å². The second-order valence-corrected chi connectivity index (χ2v) is 4.93. The largest absolute Gasteiger partial charge is 0.342 e. The van der Waals surface area contributed by atoms with Crippen LogP contribution in [0, 0.1) is 11.3 Å². The zero-order chi connectivity index (χ0) is 11.1. The summed E-state index contributed by atoms with van der Waals surface area (Å²) in [4.78, 5) is 13.6. The van der Waals surface area contributed by atoms with Gasteiger partial charge in [-0.3, -0.25) is 4.79 Å². The van der Waals surface area contributed by atoms with Gasteiger partial charge in [0.05, 0.1) is 17.6 Å². The van der Waals surface area contributed by atoms with Gasteiger partial charge in [-0.2, -0.15) is 5.26 Å². The molecule has 1 amide bonds. The Hall–Kier alpha value is -0.690. The van der Waals surface area contributed by atoms with E-state index in [-0.39, 0.29) is 5.91 Å². The molecule has 0 atom stereocenters. The molecule has 0 heterocycles. The van der Waals surface area contributed by atoms with Crippen molar-refractivity contribution >= 4 is 17.7 Å². The molecule has 84 valence electrons. The monoisotopic (exact) mass is 226 g/mol. The molecular formula is C11H18N2OS. The van der Waals surface area contributed by atoms with Gasteiger partial charge in [-0.1, -0.05) is 19.3 Å². The molecule has 0 aromatic carbocycles. The first-order valence-electron chi connectivity index (χ1n) is 5.46. The fourth-order valence-corrected chi connectivity index (χ4v) is 2.53. The Morgan fingerprint density at radius 1 is 1.47 bits per heavy atom. The Bertz CT molecular complexity index is 243. The van der Waals surface area contributed by atoms with E-state index < -0.39 is 0 Å². The minimum atomic E-state index is 0.169. The first-order valence-corrected chi connectivity index (χ1v) is 6.61. The highest BCUT2D eigenvalue weighted by atomic mass is 32.2. The third-order valence-corrected chi connectivity index (χ3v) is 3.69. The van der Waals surface area contributed by atoms with Gasteiger partial charge in [0.25, 0.3) is 0 Å². The Labute approximate surface area is 95.8 Å². The zero-order valence-electron chi connectivity index (χ0n) is 9.24. The number of rotatable bonds is 4. The van der Waals surface area contributed by atoms with E-state index in [0.717, 1.165) is 12.8 Å². The maximum atomic E-state index is 11.7. The average Bonchev–Trinajstić information content (AvgIpc) is 2.29. The predicted octanol–water partition coefficient (Wildman–Crippen LogP) is 2.03. The van der Waals surface area contributed by atoms with Crippen LogP contribution in [0.25, 0.3) is 0 Å². The molecule has 0 spiro atoms. The number of carbonyl (C=O) groups excluding carboxylic acids is 1. The molecule has 1 fully saturated rings. The van der Waals surface area contributed by atoms with Crippen molar-refractivity contribution in [2.45, 2.75) is 38.1 Å². The molecule has 4 heteroatoms. The molecule has 0 saturated heterocycles. The quantitative estimate of drug-likeness (QED) is 0.689. The van der Waals surface area contributed by atoms with Gasteiger partial charge in [-0.25, -0.2) is 0 Å². The van der Waals surface area contributed by atoms with Gasteiger partial charge in [0.2, 0.25) is 5.91 Å². The summed E-state index contributed by atoms with van der Waals surface area (Å²) in [6.45, 7) is 0. The van der Waals surface area contributed by atoms with E-state index in [1.54, 1.807) is 0 Å². The van der Waals surface area contributed by atoms with E-state index in [0.29, 0.717) is 17.5 Å². The predicted molar refractivity (Wildman–Crippen MR) is 62.6 cm³/mol. The molecular weight excluding hydrogens is 208 g/mol. The van der Waals surface area contributed by atoms with Gasteiger partial charge in [0.1, 0.15) is 0 Å². The van der Waals surface area contributed by atoms with Crippen molar-refractivity contribution in [3.8, 4) is 6.07 Å². The van der Waals surface area contributed by atoms with Crippen LogP contribution in [0.5, 0.6) is 0 Å². The molecule has 0 radical (unpaired) electrons. The number of amides is 1. The standard InChI is InChI=1S/C11H18N2OS/c1-13(10-5-3-2-4-6-10)11(14)9-15-8-7-12/h10H,2-6,8-9H2,1H3. The number of hydrogen-bond acceptors (Lipinski definition) is 3. The summed E-state index contributed by atoms with van der Waals surface area (Å²) in [7, 11) is 1.89. The molecule has 1 saturated carbocycles. The molecule has 1 aliphatic rings. The maximum absolute atomic E-state index is 11.7. The number of carbonyl (C=O) groups is 1. The van der Waals surface area contributed by atoms with Crippen molar-refractivity contribution in [2.75, 3.05) is 18.6 Å². The second kappa shape index (κ2) is 6.73. The van der Waals surface area contributed by atoms with E-state index in [1.165, 1.54) is 31.0 Å². The molecule has 3 nitrogen and oxygen atoms in total. The SMILES string of the molecule is CN(C(=O)CSCC#N)C1CCCCC1. The lowest BCUT2D eigenvalue weighted by Gasteiger charge is -2.31. The summed E-state index contributed by atoms with van der Waals surface area (Å²) in [6, 6.07) is 2.47. The van der Waals surface area contributed by atoms with E-state index in [1.807, 2.05) is 18.0 Å².